The minimum atomic E-state index is -0.211. The molecule has 0 amide bonds. The second kappa shape index (κ2) is 6.45. The number of hydrogen-bond acceptors (Lipinski definition) is 3. The predicted molar refractivity (Wildman–Crippen MR) is 103 cm³/mol. The molecule has 0 spiro atoms. The number of aromatic nitrogens is 2. The minimum Gasteiger partial charge on any atom is -0.367 e. The highest BCUT2D eigenvalue weighted by molar-refractivity contribution is 7.17. The summed E-state index contributed by atoms with van der Waals surface area (Å²) in [5.74, 6) is 0.741. The Bertz CT molecular complexity index is 919. The van der Waals surface area contributed by atoms with E-state index < -0.39 is 0 Å². The SMILES string of the molecule is Cc1ccc(F)c(-c2nc3sc(C)c(C)n3c2NC2CCCCC2)c1. The molecule has 0 aliphatic heterocycles. The summed E-state index contributed by atoms with van der Waals surface area (Å²) in [6.07, 6.45) is 6.18. The van der Waals surface area contributed by atoms with Gasteiger partial charge in [0.2, 0.25) is 0 Å². The van der Waals surface area contributed by atoms with Crippen molar-refractivity contribution >= 4 is 22.1 Å². The molecule has 0 saturated heterocycles. The van der Waals surface area contributed by atoms with Crippen LogP contribution in [0.2, 0.25) is 0 Å². The number of nitrogens with one attached hydrogen (secondary N) is 1. The normalized spacial score (nSPS) is 15.8. The van der Waals surface area contributed by atoms with Gasteiger partial charge in [-0.1, -0.05) is 30.9 Å². The Morgan fingerprint density at radius 2 is 1.92 bits per heavy atom. The fraction of sp³-hybridized carbons (Fsp3) is 0.450. The molecule has 1 saturated carbocycles. The van der Waals surface area contributed by atoms with Crippen molar-refractivity contribution in [3.8, 4) is 11.3 Å². The number of hydrogen-bond donors (Lipinski definition) is 1. The number of rotatable bonds is 3. The Morgan fingerprint density at radius 3 is 2.68 bits per heavy atom. The van der Waals surface area contributed by atoms with E-state index in [-0.39, 0.29) is 5.82 Å². The maximum atomic E-state index is 14.6. The van der Waals surface area contributed by atoms with Crippen LogP contribution in [0.25, 0.3) is 16.2 Å². The van der Waals surface area contributed by atoms with Gasteiger partial charge in [0, 0.05) is 22.2 Å². The molecular formula is C20H24FN3S. The van der Waals surface area contributed by atoms with E-state index >= 15 is 0 Å². The van der Waals surface area contributed by atoms with Crippen LogP contribution in [-0.4, -0.2) is 15.4 Å². The van der Waals surface area contributed by atoms with Crippen molar-refractivity contribution in [1.82, 2.24) is 9.38 Å². The highest BCUT2D eigenvalue weighted by Gasteiger charge is 2.23. The second-order valence-electron chi connectivity index (χ2n) is 7.13. The number of halogens is 1. The number of anilines is 1. The van der Waals surface area contributed by atoms with Crippen LogP contribution in [-0.2, 0) is 0 Å². The van der Waals surface area contributed by atoms with Gasteiger partial charge in [-0.3, -0.25) is 4.40 Å². The number of imidazole rings is 1. The third kappa shape index (κ3) is 2.95. The molecule has 1 aliphatic carbocycles. The summed E-state index contributed by atoms with van der Waals surface area (Å²) in [5.41, 5.74) is 3.56. The van der Waals surface area contributed by atoms with Gasteiger partial charge in [0.05, 0.1) is 0 Å². The number of benzene rings is 1. The van der Waals surface area contributed by atoms with Gasteiger partial charge < -0.3 is 5.32 Å². The highest BCUT2D eigenvalue weighted by atomic mass is 32.1. The van der Waals surface area contributed by atoms with Gasteiger partial charge in [-0.05, 0) is 45.7 Å². The molecule has 5 heteroatoms. The molecule has 3 nitrogen and oxygen atoms in total. The van der Waals surface area contributed by atoms with E-state index in [0.29, 0.717) is 11.6 Å². The van der Waals surface area contributed by atoms with Crippen LogP contribution in [0.4, 0.5) is 10.2 Å². The first-order valence-corrected chi connectivity index (χ1v) is 9.87. The van der Waals surface area contributed by atoms with Crippen LogP contribution in [0, 0.1) is 26.6 Å². The minimum absolute atomic E-state index is 0.211. The molecule has 2 heterocycles. The van der Waals surface area contributed by atoms with Crippen molar-refractivity contribution in [2.24, 2.45) is 0 Å². The molecule has 1 N–H and O–H groups in total. The molecule has 4 rings (SSSR count). The molecule has 0 radical (unpaired) electrons. The lowest BCUT2D eigenvalue weighted by molar-refractivity contribution is 0.461. The van der Waals surface area contributed by atoms with Gasteiger partial charge >= 0.3 is 0 Å². The molecular weight excluding hydrogens is 333 g/mol. The summed E-state index contributed by atoms with van der Waals surface area (Å²) in [4.78, 5) is 7.00. The van der Waals surface area contributed by atoms with E-state index in [2.05, 4.69) is 23.6 Å². The van der Waals surface area contributed by atoms with Crippen molar-refractivity contribution in [2.75, 3.05) is 5.32 Å². The first-order chi connectivity index (χ1) is 12.0. The van der Waals surface area contributed by atoms with Gasteiger partial charge in [-0.15, -0.1) is 11.3 Å². The van der Waals surface area contributed by atoms with E-state index in [9.17, 15) is 4.39 Å². The zero-order valence-corrected chi connectivity index (χ0v) is 15.8. The zero-order chi connectivity index (χ0) is 17.6. The summed E-state index contributed by atoms with van der Waals surface area (Å²) in [6.45, 7) is 6.22. The van der Waals surface area contributed by atoms with Crippen LogP contribution in [0.5, 0.6) is 0 Å². The van der Waals surface area contributed by atoms with Crippen molar-refractivity contribution in [2.45, 2.75) is 58.9 Å². The Kier molecular flexibility index (Phi) is 4.28. The standard InChI is InChI=1S/C20H24FN3S/c1-12-9-10-17(21)16(11-12)18-19(22-15-7-5-4-6-8-15)24-13(2)14(3)25-20(24)23-18/h9-11,15,22H,4-8H2,1-3H3. The highest BCUT2D eigenvalue weighted by Crippen LogP contribution is 2.37. The molecule has 0 bridgehead atoms. The molecule has 1 fully saturated rings. The Hall–Kier alpha value is -1.88. The van der Waals surface area contributed by atoms with Gasteiger partial charge in [0.15, 0.2) is 4.96 Å². The summed E-state index contributed by atoms with van der Waals surface area (Å²) in [6, 6.07) is 5.69. The summed E-state index contributed by atoms with van der Waals surface area (Å²) < 4.78 is 16.7. The lowest BCUT2D eigenvalue weighted by Gasteiger charge is -2.24. The molecule has 2 aromatic heterocycles. The molecule has 132 valence electrons. The lowest BCUT2D eigenvalue weighted by Crippen LogP contribution is -2.23. The van der Waals surface area contributed by atoms with Gasteiger partial charge in [0.1, 0.15) is 17.3 Å². The number of thiazole rings is 1. The Morgan fingerprint density at radius 1 is 1.16 bits per heavy atom. The number of fused-ring (bicyclic) bond motifs is 1. The largest absolute Gasteiger partial charge is 0.367 e. The van der Waals surface area contributed by atoms with Crippen molar-refractivity contribution in [1.29, 1.82) is 0 Å². The fourth-order valence-electron chi connectivity index (χ4n) is 3.73. The number of nitrogens with zero attached hydrogens (tertiary/aromatic N) is 2. The quantitative estimate of drug-likeness (QED) is 0.635. The lowest BCUT2D eigenvalue weighted by atomic mass is 9.95. The molecule has 3 aromatic rings. The first kappa shape index (κ1) is 16.6. The molecule has 25 heavy (non-hydrogen) atoms. The van der Waals surface area contributed by atoms with Crippen LogP contribution in [0.3, 0.4) is 0 Å². The van der Waals surface area contributed by atoms with Crippen LogP contribution < -0.4 is 5.32 Å². The Balaban J connectivity index is 1.88. The summed E-state index contributed by atoms with van der Waals surface area (Å²) >= 11 is 1.67. The van der Waals surface area contributed by atoms with Crippen molar-refractivity contribution in [3.63, 3.8) is 0 Å². The number of aryl methyl sites for hydroxylation is 3. The average molecular weight is 357 g/mol. The van der Waals surface area contributed by atoms with Crippen molar-refractivity contribution in [3.05, 3.63) is 40.2 Å². The summed E-state index contributed by atoms with van der Waals surface area (Å²) in [7, 11) is 0. The maximum absolute atomic E-state index is 14.6. The smallest absolute Gasteiger partial charge is 0.196 e. The van der Waals surface area contributed by atoms with Gasteiger partial charge in [-0.2, -0.15) is 0 Å². The van der Waals surface area contributed by atoms with Crippen LogP contribution in [0.1, 0.15) is 48.2 Å². The van der Waals surface area contributed by atoms with E-state index in [1.807, 2.05) is 13.0 Å². The molecule has 0 unspecified atom stereocenters. The molecule has 0 atom stereocenters. The average Bonchev–Trinajstić information content (AvgIpc) is 3.08. The molecule has 1 aliphatic rings. The first-order valence-electron chi connectivity index (χ1n) is 9.06. The Labute approximate surface area is 151 Å². The summed E-state index contributed by atoms with van der Waals surface area (Å²) in [5, 5.41) is 3.71. The maximum Gasteiger partial charge on any atom is 0.196 e. The molecule has 1 aromatic carbocycles. The zero-order valence-electron chi connectivity index (χ0n) is 15.0. The van der Waals surface area contributed by atoms with E-state index in [1.54, 1.807) is 23.5 Å². The van der Waals surface area contributed by atoms with Gasteiger partial charge in [-0.25, -0.2) is 9.37 Å². The fourth-order valence-corrected chi connectivity index (χ4v) is 4.70. The van der Waals surface area contributed by atoms with Crippen LogP contribution in [0.15, 0.2) is 18.2 Å². The van der Waals surface area contributed by atoms with Gasteiger partial charge in [0.25, 0.3) is 0 Å². The monoisotopic (exact) mass is 357 g/mol. The van der Waals surface area contributed by atoms with E-state index in [4.69, 9.17) is 4.98 Å². The third-order valence-corrected chi connectivity index (χ3v) is 6.32. The van der Waals surface area contributed by atoms with Crippen molar-refractivity contribution < 1.29 is 4.39 Å². The van der Waals surface area contributed by atoms with E-state index in [1.165, 1.54) is 42.7 Å². The van der Waals surface area contributed by atoms with Crippen LogP contribution >= 0.6 is 11.3 Å². The predicted octanol–water partition coefficient (Wildman–Crippen LogP) is 5.87. The topological polar surface area (TPSA) is 29.3 Å². The van der Waals surface area contributed by atoms with E-state index in [0.717, 1.165) is 22.0 Å². The third-order valence-electron chi connectivity index (χ3n) is 5.26. The second-order valence-corrected chi connectivity index (χ2v) is 8.31.